The summed E-state index contributed by atoms with van der Waals surface area (Å²) in [6.07, 6.45) is 1.33. The highest BCUT2D eigenvalue weighted by molar-refractivity contribution is 9.10. The van der Waals surface area contributed by atoms with E-state index in [1.165, 1.54) is 6.20 Å². The predicted octanol–water partition coefficient (Wildman–Crippen LogP) is 1.31. The number of carbonyl (C=O) groups is 1. The molecule has 0 aliphatic heterocycles. The van der Waals surface area contributed by atoms with Crippen molar-refractivity contribution in [1.82, 2.24) is 9.78 Å². The third-order valence-electron chi connectivity index (χ3n) is 1.29. The van der Waals surface area contributed by atoms with E-state index in [-0.39, 0.29) is 12.2 Å². The summed E-state index contributed by atoms with van der Waals surface area (Å²) in [5.74, 6) is -1.12. The Bertz CT molecular complexity index is 300. The highest BCUT2D eigenvalue weighted by Crippen LogP contribution is 2.15. The second kappa shape index (κ2) is 3.66. The summed E-state index contributed by atoms with van der Waals surface area (Å²) in [6, 6.07) is 0. The minimum atomic E-state index is -1.12. The molecule has 4 nitrogen and oxygen atoms in total. The van der Waals surface area contributed by atoms with Crippen molar-refractivity contribution in [3.8, 4) is 0 Å². The van der Waals surface area contributed by atoms with Crippen molar-refractivity contribution in [3.05, 3.63) is 16.4 Å². The lowest BCUT2D eigenvalue weighted by molar-refractivity contribution is 0.0681. The minimum Gasteiger partial charge on any atom is -0.476 e. The number of aromatic carboxylic acids is 1. The van der Waals surface area contributed by atoms with Crippen molar-refractivity contribution >= 4 is 21.9 Å². The number of rotatable bonds is 3. The Hall–Kier alpha value is -0.910. The summed E-state index contributed by atoms with van der Waals surface area (Å²) in [6.45, 7) is -0.665. The molecule has 1 heterocycles. The molecule has 6 heteroatoms. The second-order valence-corrected chi connectivity index (χ2v) is 2.91. The van der Waals surface area contributed by atoms with Crippen LogP contribution >= 0.6 is 15.9 Å². The van der Waals surface area contributed by atoms with Crippen LogP contribution in [0.5, 0.6) is 0 Å². The monoisotopic (exact) mass is 236 g/mol. The van der Waals surface area contributed by atoms with Gasteiger partial charge in [0.25, 0.3) is 0 Å². The summed E-state index contributed by atoms with van der Waals surface area (Å²) in [7, 11) is 0. The first-order chi connectivity index (χ1) is 5.66. The van der Waals surface area contributed by atoms with Crippen LogP contribution < -0.4 is 0 Å². The molecule has 0 fully saturated rings. The van der Waals surface area contributed by atoms with Gasteiger partial charge in [-0.1, -0.05) is 0 Å². The zero-order valence-electron chi connectivity index (χ0n) is 6.00. The number of aryl methyl sites for hydroxylation is 1. The number of alkyl halides is 1. The molecule has 1 aromatic rings. The van der Waals surface area contributed by atoms with E-state index >= 15 is 0 Å². The molecule has 0 atom stereocenters. The van der Waals surface area contributed by atoms with Crippen LogP contribution in [-0.2, 0) is 6.54 Å². The molecule has 12 heavy (non-hydrogen) atoms. The molecule has 0 bridgehead atoms. The quantitative estimate of drug-likeness (QED) is 0.862. The van der Waals surface area contributed by atoms with Crippen LogP contribution in [0.25, 0.3) is 0 Å². The third-order valence-corrected chi connectivity index (χ3v) is 1.87. The molecule has 0 aliphatic carbocycles. The van der Waals surface area contributed by atoms with Crippen LogP contribution in [0, 0.1) is 0 Å². The second-order valence-electron chi connectivity index (χ2n) is 2.06. The highest BCUT2D eigenvalue weighted by Gasteiger charge is 2.15. The number of aromatic nitrogens is 2. The molecule has 0 aliphatic rings. The van der Waals surface area contributed by atoms with Gasteiger partial charge in [-0.25, -0.2) is 9.18 Å². The first kappa shape index (κ1) is 9.18. The normalized spacial score (nSPS) is 10.2. The molecule has 0 amide bonds. The number of hydrogen-bond acceptors (Lipinski definition) is 2. The van der Waals surface area contributed by atoms with E-state index < -0.39 is 12.6 Å². The highest BCUT2D eigenvalue weighted by atomic mass is 79.9. The van der Waals surface area contributed by atoms with E-state index in [0.29, 0.717) is 4.47 Å². The van der Waals surface area contributed by atoms with Crippen LogP contribution in [0.4, 0.5) is 4.39 Å². The maximum atomic E-state index is 11.9. The Labute approximate surface area is 76.1 Å². The summed E-state index contributed by atoms with van der Waals surface area (Å²) in [5, 5.41) is 12.3. The number of carboxylic acid groups (broad SMARTS) is 1. The van der Waals surface area contributed by atoms with E-state index in [1.807, 2.05) is 0 Å². The van der Waals surface area contributed by atoms with E-state index in [0.717, 1.165) is 4.68 Å². The molecule has 66 valence electrons. The Morgan fingerprint density at radius 1 is 1.83 bits per heavy atom. The van der Waals surface area contributed by atoms with Gasteiger partial charge < -0.3 is 5.11 Å². The van der Waals surface area contributed by atoms with Gasteiger partial charge in [0.15, 0.2) is 5.69 Å². The third kappa shape index (κ3) is 1.63. The summed E-state index contributed by atoms with van der Waals surface area (Å²) in [4.78, 5) is 10.6. The molecule has 0 saturated carbocycles. The van der Waals surface area contributed by atoms with Crippen molar-refractivity contribution in [2.75, 3.05) is 6.67 Å². The molecular formula is C6H6BrFN2O2. The minimum absolute atomic E-state index is 0.0207. The maximum absolute atomic E-state index is 11.9. The van der Waals surface area contributed by atoms with Gasteiger partial charge in [0.1, 0.15) is 6.67 Å². The maximum Gasteiger partial charge on any atom is 0.355 e. The lowest BCUT2D eigenvalue weighted by atomic mass is 10.4. The molecule has 0 radical (unpaired) electrons. The van der Waals surface area contributed by atoms with Gasteiger partial charge in [0, 0.05) is 0 Å². The summed E-state index contributed by atoms with van der Waals surface area (Å²) < 4.78 is 13.3. The molecule has 1 aromatic heterocycles. The number of halogens is 2. The molecule has 0 saturated heterocycles. The van der Waals surface area contributed by atoms with E-state index in [1.54, 1.807) is 0 Å². The lowest BCUT2D eigenvalue weighted by Crippen LogP contribution is -2.11. The van der Waals surface area contributed by atoms with Crippen molar-refractivity contribution in [2.45, 2.75) is 6.54 Å². The molecule has 0 aromatic carbocycles. The predicted molar refractivity (Wildman–Crippen MR) is 42.9 cm³/mol. The fourth-order valence-electron chi connectivity index (χ4n) is 0.825. The Kier molecular flexibility index (Phi) is 2.80. The first-order valence-electron chi connectivity index (χ1n) is 3.17. The van der Waals surface area contributed by atoms with Gasteiger partial charge in [0.05, 0.1) is 17.2 Å². The van der Waals surface area contributed by atoms with Crippen LogP contribution in [0.15, 0.2) is 10.7 Å². The number of nitrogens with zero attached hydrogens (tertiary/aromatic N) is 2. The Morgan fingerprint density at radius 3 is 3.00 bits per heavy atom. The largest absolute Gasteiger partial charge is 0.476 e. The standard InChI is InChI=1S/C6H6BrFN2O2/c7-4-3-9-10(2-1-8)5(4)6(11)12/h3H,1-2H2,(H,11,12). The SMILES string of the molecule is O=C(O)c1c(Br)cnn1CCF. The zero-order valence-corrected chi connectivity index (χ0v) is 7.58. The fourth-order valence-corrected chi connectivity index (χ4v) is 1.29. The molecule has 0 unspecified atom stereocenters. The van der Waals surface area contributed by atoms with Crippen molar-refractivity contribution in [2.24, 2.45) is 0 Å². The zero-order chi connectivity index (χ0) is 9.14. The molecule has 1 rings (SSSR count). The van der Waals surface area contributed by atoms with Gasteiger partial charge in [-0.2, -0.15) is 5.10 Å². The van der Waals surface area contributed by atoms with Gasteiger partial charge in [-0.3, -0.25) is 4.68 Å². The van der Waals surface area contributed by atoms with Crippen molar-refractivity contribution < 1.29 is 14.3 Å². The van der Waals surface area contributed by atoms with E-state index in [4.69, 9.17) is 5.11 Å². The summed E-state index contributed by atoms with van der Waals surface area (Å²) >= 11 is 3.00. The average Bonchev–Trinajstić information content (AvgIpc) is 2.32. The Balaban J connectivity index is 3.04. The number of hydrogen-bond donors (Lipinski definition) is 1. The molecular weight excluding hydrogens is 231 g/mol. The van der Waals surface area contributed by atoms with Gasteiger partial charge in [-0.15, -0.1) is 0 Å². The van der Waals surface area contributed by atoms with E-state index in [2.05, 4.69) is 21.0 Å². The van der Waals surface area contributed by atoms with Crippen molar-refractivity contribution in [3.63, 3.8) is 0 Å². The van der Waals surface area contributed by atoms with Crippen LogP contribution in [0.2, 0.25) is 0 Å². The van der Waals surface area contributed by atoms with Crippen LogP contribution in [0.1, 0.15) is 10.5 Å². The lowest BCUT2D eigenvalue weighted by Gasteiger charge is -1.99. The molecule has 1 N–H and O–H groups in total. The topological polar surface area (TPSA) is 55.1 Å². The van der Waals surface area contributed by atoms with Crippen molar-refractivity contribution in [1.29, 1.82) is 0 Å². The average molecular weight is 237 g/mol. The first-order valence-corrected chi connectivity index (χ1v) is 3.96. The van der Waals surface area contributed by atoms with Crippen LogP contribution in [-0.4, -0.2) is 27.5 Å². The van der Waals surface area contributed by atoms with E-state index in [9.17, 15) is 9.18 Å². The Morgan fingerprint density at radius 2 is 2.50 bits per heavy atom. The fraction of sp³-hybridized carbons (Fsp3) is 0.333. The van der Waals surface area contributed by atoms with Gasteiger partial charge >= 0.3 is 5.97 Å². The van der Waals surface area contributed by atoms with Gasteiger partial charge in [-0.05, 0) is 15.9 Å². The summed E-state index contributed by atoms with van der Waals surface area (Å²) in [5.41, 5.74) is -0.0207. The van der Waals surface area contributed by atoms with Gasteiger partial charge in [0.2, 0.25) is 0 Å². The number of carboxylic acids is 1. The van der Waals surface area contributed by atoms with Crippen LogP contribution in [0.3, 0.4) is 0 Å². The smallest absolute Gasteiger partial charge is 0.355 e. The molecule has 0 spiro atoms.